The number of nitrogens with zero attached hydrogens (tertiary/aromatic N) is 2. The summed E-state index contributed by atoms with van der Waals surface area (Å²) in [6, 6.07) is 3.60. The number of aromatic amines is 1. The Morgan fingerprint density at radius 2 is 2.28 bits per heavy atom. The minimum Gasteiger partial charge on any atom is -0.481 e. The number of hydrogen-bond acceptors (Lipinski definition) is 5. The van der Waals surface area contributed by atoms with Gasteiger partial charge in [-0.15, -0.1) is 0 Å². The van der Waals surface area contributed by atoms with Crippen LogP contribution in [0.3, 0.4) is 0 Å². The number of nitrogens with one attached hydrogen (secondary N) is 2. The summed E-state index contributed by atoms with van der Waals surface area (Å²) in [5, 5.41) is 19.4. The molecule has 0 aromatic carbocycles. The number of aromatic nitrogens is 3. The highest BCUT2D eigenvalue weighted by Gasteiger charge is 2.35. The lowest BCUT2D eigenvalue weighted by Crippen LogP contribution is -2.41. The highest BCUT2D eigenvalue weighted by molar-refractivity contribution is 5.76. The molecule has 3 rings (SSSR count). The summed E-state index contributed by atoms with van der Waals surface area (Å²) in [6.45, 7) is 0. The van der Waals surface area contributed by atoms with Crippen LogP contribution in [0.15, 0.2) is 30.7 Å². The predicted octanol–water partition coefficient (Wildman–Crippen LogP) is 1.76. The highest BCUT2D eigenvalue weighted by atomic mass is 16.5. The van der Waals surface area contributed by atoms with E-state index in [1.807, 2.05) is 12.3 Å². The van der Waals surface area contributed by atoms with Crippen molar-refractivity contribution in [1.82, 2.24) is 20.5 Å². The lowest BCUT2D eigenvalue weighted by Gasteiger charge is -2.38. The van der Waals surface area contributed by atoms with Crippen molar-refractivity contribution in [1.29, 1.82) is 0 Å². The first-order chi connectivity index (χ1) is 12.2. The van der Waals surface area contributed by atoms with Crippen LogP contribution in [-0.4, -0.2) is 39.4 Å². The second-order valence-electron chi connectivity index (χ2n) is 6.52. The molecule has 2 aromatic rings. The van der Waals surface area contributed by atoms with Gasteiger partial charge in [0.1, 0.15) is 0 Å². The fraction of sp³-hybridized carbons (Fsp3) is 0.500. The van der Waals surface area contributed by atoms with E-state index in [1.165, 1.54) is 0 Å². The van der Waals surface area contributed by atoms with Crippen molar-refractivity contribution in [3.63, 3.8) is 0 Å². The van der Waals surface area contributed by atoms with Gasteiger partial charge in [0.15, 0.2) is 0 Å². The number of aryl methyl sites for hydroxylation is 1. The van der Waals surface area contributed by atoms with Gasteiger partial charge in [-0.2, -0.15) is 5.10 Å². The standard InChI is InChI=1S/C18H24N4O3/c1-25-17-6-5-13(11-19-17)18(14-7-15(23)8-14)22-16(24)4-2-3-12-9-20-21-10-12/h5-6,9-11,14-15,18,23H,2-4,7-8H2,1H3,(H,20,21)(H,22,24)/t14?,15?,18-/m1/s1. The molecular formula is C18H24N4O3. The first-order valence-electron chi connectivity index (χ1n) is 8.60. The predicted molar refractivity (Wildman–Crippen MR) is 91.9 cm³/mol. The largest absolute Gasteiger partial charge is 0.481 e. The van der Waals surface area contributed by atoms with Crippen LogP contribution in [0.1, 0.15) is 42.9 Å². The smallest absolute Gasteiger partial charge is 0.220 e. The second-order valence-corrected chi connectivity index (χ2v) is 6.52. The van der Waals surface area contributed by atoms with E-state index in [0.717, 1.165) is 24.0 Å². The molecule has 0 radical (unpaired) electrons. The van der Waals surface area contributed by atoms with E-state index in [2.05, 4.69) is 20.5 Å². The van der Waals surface area contributed by atoms with Gasteiger partial charge >= 0.3 is 0 Å². The maximum atomic E-state index is 12.4. The quantitative estimate of drug-likeness (QED) is 0.677. The number of methoxy groups -OCH3 is 1. The molecule has 7 heteroatoms. The number of H-pyrrole nitrogens is 1. The van der Waals surface area contributed by atoms with Gasteiger partial charge in [-0.3, -0.25) is 9.89 Å². The zero-order valence-corrected chi connectivity index (χ0v) is 14.3. The molecule has 1 aliphatic rings. The second kappa shape index (κ2) is 8.11. The van der Waals surface area contributed by atoms with Gasteiger partial charge in [-0.1, -0.05) is 6.07 Å². The molecule has 0 spiro atoms. The molecule has 7 nitrogen and oxygen atoms in total. The topological polar surface area (TPSA) is 100 Å². The SMILES string of the molecule is COc1ccc([C@@H](NC(=O)CCCc2cn[nH]c2)C2CC(O)C2)cn1. The lowest BCUT2D eigenvalue weighted by atomic mass is 9.75. The van der Waals surface area contributed by atoms with E-state index in [0.29, 0.717) is 25.1 Å². The Bertz CT molecular complexity index is 666. The van der Waals surface area contributed by atoms with Gasteiger partial charge in [-0.25, -0.2) is 4.98 Å². The third kappa shape index (κ3) is 4.57. The van der Waals surface area contributed by atoms with Crippen LogP contribution in [0, 0.1) is 5.92 Å². The summed E-state index contributed by atoms with van der Waals surface area (Å²) in [6.07, 6.45) is 8.54. The van der Waals surface area contributed by atoms with Crippen LogP contribution in [0.25, 0.3) is 0 Å². The van der Waals surface area contributed by atoms with Crippen LogP contribution >= 0.6 is 0 Å². The van der Waals surface area contributed by atoms with Crippen molar-refractivity contribution in [3.8, 4) is 5.88 Å². The van der Waals surface area contributed by atoms with Gasteiger partial charge in [-0.05, 0) is 42.7 Å². The Morgan fingerprint density at radius 1 is 1.44 bits per heavy atom. The fourth-order valence-corrected chi connectivity index (χ4v) is 3.18. The summed E-state index contributed by atoms with van der Waals surface area (Å²) in [5.74, 6) is 0.802. The number of ether oxygens (including phenoxy) is 1. The van der Waals surface area contributed by atoms with Crippen LogP contribution in [0.2, 0.25) is 0 Å². The fourth-order valence-electron chi connectivity index (χ4n) is 3.18. The molecule has 0 bridgehead atoms. The number of aliphatic hydroxyl groups is 1. The normalized spacial score (nSPS) is 20.6. The average molecular weight is 344 g/mol. The van der Waals surface area contributed by atoms with Gasteiger partial charge in [0.25, 0.3) is 0 Å². The Balaban J connectivity index is 1.57. The number of rotatable bonds is 8. The van der Waals surface area contributed by atoms with Crippen molar-refractivity contribution in [2.24, 2.45) is 5.92 Å². The van der Waals surface area contributed by atoms with Gasteiger partial charge in [0, 0.05) is 24.9 Å². The maximum absolute atomic E-state index is 12.4. The zero-order chi connectivity index (χ0) is 17.6. The van der Waals surface area contributed by atoms with Crippen LogP contribution < -0.4 is 10.1 Å². The number of carbonyl (C=O) groups is 1. The van der Waals surface area contributed by atoms with E-state index in [-0.39, 0.29) is 24.0 Å². The summed E-state index contributed by atoms with van der Waals surface area (Å²) in [4.78, 5) is 16.6. The summed E-state index contributed by atoms with van der Waals surface area (Å²) < 4.78 is 5.09. The van der Waals surface area contributed by atoms with E-state index >= 15 is 0 Å². The molecule has 3 N–H and O–H groups in total. The van der Waals surface area contributed by atoms with Crippen LogP contribution in [0.5, 0.6) is 5.88 Å². The lowest BCUT2D eigenvalue weighted by molar-refractivity contribution is -0.123. The van der Waals surface area contributed by atoms with E-state index in [9.17, 15) is 9.90 Å². The number of amides is 1. The Kier molecular flexibility index (Phi) is 5.65. The van der Waals surface area contributed by atoms with Crippen molar-refractivity contribution < 1.29 is 14.6 Å². The Hall–Kier alpha value is -2.41. The molecule has 1 atom stereocenters. The van der Waals surface area contributed by atoms with E-state index in [1.54, 1.807) is 25.6 Å². The third-order valence-electron chi connectivity index (χ3n) is 4.69. The van der Waals surface area contributed by atoms with Crippen LogP contribution in [-0.2, 0) is 11.2 Å². The summed E-state index contributed by atoms with van der Waals surface area (Å²) in [5.41, 5.74) is 2.05. The average Bonchev–Trinajstić information content (AvgIpc) is 3.11. The van der Waals surface area contributed by atoms with Gasteiger partial charge in [0.2, 0.25) is 11.8 Å². The van der Waals surface area contributed by atoms with Gasteiger partial charge in [0.05, 0.1) is 25.5 Å². The first-order valence-corrected chi connectivity index (χ1v) is 8.60. The Labute approximate surface area is 146 Å². The minimum absolute atomic E-state index is 0.0192. The number of pyridine rings is 1. The number of aliphatic hydroxyl groups excluding tert-OH is 1. The summed E-state index contributed by atoms with van der Waals surface area (Å²) in [7, 11) is 1.57. The molecule has 0 aliphatic heterocycles. The molecule has 0 unspecified atom stereocenters. The van der Waals surface area contributed by atoms with E-state index < -0.39 is 0 Å². The maximum Gasteiger partial charge on any atom is 0.220 e. The van der Waals surface area contributed by atoms with Gasteiger partial charge < -0.3 is 15.2 Å². The van der Waals surface area contributed by atoms with E-state index in [4.69, 9.17) is 4.74 Å². The van der Waals surface area contributed by atoms with Crippen LogP contribution in [0.4, 0.5) is 0 Å². The molecule has 1 amide bonds. The van der Waals surface area contributed by atoms with Crippen molar-refractivity contribution in [2.45, 2.75) is 44.2 Å². The molecular weight excluding hydrogens is 320 g/mol. The van der Waals surface area contributed by atoms with Crippen molar-refractivity contribution in [3.05, 3.63) is 41.9 Å². The summed E-state index contributed by atoms with van der Waals surface area (Å²) >= 11 is 0. The number of hydrogen-bond donors (Lipinski definition) is 3. The van der Waals surface area contributed by atoms with Crippen molar-refractivity contribution in [2.75, 3.05) is 7.11 Å². The highest BCUT2D eigenvalue weighted by Crippen LogP contribution is 2.38. The molecule has 1 fully saturated rings. The molecule has 2 aromatic heterocycles. The third-order valence-corrected chi connectivity index (χ3v) is 4.69. The molecule has 1 saturated carbocycles. The molecule has 2 heterocycles. The minimum atomic E-state index is -0.267. The molecule has 1 aliphatic carbocycles. The van der Waals surface area contributed by atoms with Crippen molar-refractivity contribution >= 4 is 5.91 Å². The Morgan fingerprint density at radius 3 is 2.88 bits per heavy atom. The zero-order valence-electron chi connectivity index (χ0n) is 14.3. The monoisotopic (exact) mass is 344 g/mol. The first kappa shape index (κ1) is 17.4. The molecule has 134 valence electrons. The molecule has 25 heavy (non-hydrogen) atoms. The molecule has 0 saturated heterocycles. The number of carbonyl (C=O) groups excluding carboxylic acids is 1.